The molecular weight excluding hydrogens is 253 g/mol. The number of carboxylic acid groups (broad SMARTS) is 1. The van der Waals surface area contributed by atoms with Gasteiger partial charge in [-0.3, -0.25) is 4.79 Å². The number of nitrogens with zero attached hydrogens (tertiary/aromatic N) is 1. The Bertz CT molecular complexity index is 488. The topological polar surface area (TPSA) is 59.0 Å². The predicted molar refractivity (Wildman–Crippen MR) is 67.1 cm³/mol. The van der Waals surface area contributed by atoms with Crippen molar-refractivity contribution < 1.29 is 23.8 Å². The summed E-state index contributed by atoms with van der Waals surface area (Å²) in [6.07, 6.45) is 0. The van der Waals surface area contributed by atoms with Gasteiger partial charge in [0.25, 0.3) is 0 Å². The van der Waals surface area contributed by atoms with E-state index in [9.17, 15) is 14.3 Å². The van der Waals surface area contributed by atoms with Crippen molar-refractivity contribution in [3.63, 3.8) is 0 Å². The Morgan fingerprint density at radius 1 is 1.58 bits per heavy atom. The van der Waals surface area contributed by atoms with E-state index in [0.29, 0.717) is 11.4 Å². The van der Waals surface area contributed by atoms with E-state index in [1.807, 2.05) is 0 Å². The van der Waals surface area contributed by atoms with Crippen molar-refractivity contribution in [3.05, 3.63) is 24.0 Å². The molecule has 0 aromatic heterocycles. The highest BCUT2D eigenvalue weighted by Gasteiger charge is 2.47. The summed E-state index contributed by atoms with van der Waals surface area (Å²) >= 11 is 0. The molecule has 1 aromatic carbocycles. The molecule has 1 aliphatic heterocycles. The fourth-order valence-corrected chi connectivity index (χ4v) is 2.13. The number of aliphatic carboxylic acids is 1. The van der Waals surface area contributed by atoms with Crippen LogP contribution in [-0.4, -0.2) is 45.0 Å². The van der Waals surface area contributed by atoms with Crippen LogP contribution in [-0.2, 0) is 9.53 Å². The largest absolute Gasteiger partial charge is 0.495 e. The minimum absolute atomic E-state index is 0.171. The first-order valence-electron chi connectivity index (χ1n) is 5.84. The first-order valence-corrected chi connectivity index (χ1v) is 5.84. The Labute approximate surface area is 110 Å². The number of rotatable bonds is 5. The van der Waals surface area contributed by atoms with Gasteiger partial charge in [-0.05, 0) is 12.1 Å². The summed E-state index contributed by atoms with van der Waals surface area (Å²) in [5.74, 6) is -0.789. The van der Waals surface area contributed by atoms with Crippen LogP contribution in [0.1, 0.15) is 0 Å². The monoisotopic (exact) mass is 269 g/mol. The Morgan fingerprint density at radius 2 is 2.26 bits per heavy atom. The van der Waals surface area contributed by atoms with E-state index >= 15 is 0 Å². The number of methoxy groups -OCH3 is 1. The molecule has 1 aliphatic rings. The van der Waals surface area contributed by atoms with Gasteiger partial charge in [-0.1, -0.05) is 0 Å². The molecule has 1 heterocycles. The molecule has 0 amide bonds. The fraction of sp³-hybridized carbons (Fsp3) is 0.462. The van der Waals surface area contributed by atoms with Crippen molar-refractivity contribution in [3.8, 4) is 5.75 Å². The minimum atomic E-state index is -0.925. The maximum atomic E-state index is 13.3. The Morgan fingerprint density at radius 3 is 2.74 bits per heavy atom. The van der Waals surface area contributed by atoms with Gasteiger partial charge in [0.05, 0.1) is 26.0 Å². The van der Waals surface area contributed by atoms with E-state index in [0.717, 1.165) is 0 Å². The van der Waals surface area contributed by atoms with Crippen LogP contribution in [0.25, 0.3) is 0 Å². The zero-order valence-electron chi connectivity index (χ0n) is 10.9. The summed E-state index contributed by atoms with van der Waals surface area (Å²) in [6.45, 7) is 0.580. The average Bonchev–Trinajstić information content (AvgIpc) is 2.33. The molecule has 6 heteroatoms. The number of ether oxygens (including phenoxy) is 2. The molecule has 0 unspecified atom stereocenters. The quantitative estimate of drug-likeness (QED) is 0.875. The highest BCUT2D eigenvalue weighted by molar-refractivity contribution is 5.77. The first-order chi connectivity index (χ1) is 8.98. The molecule has 1 aromatic rings. The van der Waals surface area contributed by atoms with Crippen LogP contribution in [0.15, 0.2) is 18.2 Å². The number of benzene rings is 1. The van der Waals surface area contributed by atoms with Crippen molar-refractivity contribution >= 4 is 11.7 Å². The number of anilines is 1. The van der Waals surface area contributed by atoms with Gasteiger partial charge in [0.15, 0.2) is 0 Å². The number of carbonyl (C=O) groups is 1. The van der Waals surface area contributed by atoms with Crippen LogP contribution in [0.2, 0.25) is 0 Å². The van der Waals surface area contributed by atoms with E-state index in [4.69, 9.17) is 9.47 Å². The van der Waals surface area contributed by atoms with Gasteiger partial charge in [-0.15, -0.1) is 0 Å². The van der Waals surface area contributed by atoms with Crippen LogP contribution in [0.5, 0.6) is 5.75 Å². The van der Waals surface area contributed by atoms with E-state index in [2.05, 4.69) is 0 Å². The van der Waals surface area contributed by atoms with Crippen molar-refractivity contribution in [2.45, 2.75) is 0 Å². The van der Waals surface area contributed by atoms with Gasteiger partial charge in [0.1, 0.15) is 17.0 Å². The predicted octanol–water partition coefficient (Wildman–Crippen LogP) is 1.37. The molecule has 1 N–H and O–H groups in total. The van der Waals surface area contributed by atoms with Gasteiger partial charge >= 0.3 is 5.97 Å². The summed E-state index contributed by atoms with van der Waals surface area (Å²) in [5, 5.41) is 9.25. The van der Waals surface area contributed by atoms with E-state index in [1.165, 1.54) is 25.3 Å². The van der Waals surface area contributed by atoms with Gasteiger partial charge < -0.3 is 19.5 Å². The lowest BCUT2D eigenvalue weighted by molar-refractivity contribution is -0.177. The molecule has 5 nitrogen and oxygen atoms in total. The fourth-order valence-electron chi connectivity index (χ4n) is 2.13. The molecule has 0 bridgehead atoms. The number of hydrogen-bond donors (Lipinski definition) is 1. The zero-order chi connectivity index (χ0) is 14.0. The van der Waals surface area contributed by atoms with Crippen LogP contribution >= 0.6 is 0 Å². The third kappa shape index (κ3) is 2.49. The summed E-state index contributed by atoms with van der Waals surface area (Å²) in [6, 6.07) is 4.15. The summed E-state index contributed by atoms with van der Waals surface area (Å²) in [7, 11) is 3.20. The molecule has 2 rings (SSSR count). The second-order valence-electron chi connectivity index (χ2n) is 4.75. The van der Waals surface area contributed by atoms with Gasteiger partial charge in [0.2, 0.25) is 0 Å². The van der Waals surface area contributed by atoms with E-state index < -0.39 is 17.2 Å². The average molecular weight is 269 g/mol. The summed E-state index contributed by atoms with van der Waals surface area (Å²) in [5.41, 5.74) is -0.401. The Balaban J connectivity index is 2.22. The van der Waals surface area contributed by atoms with Gasteiger partial charge in [-0.2, -0.15) is 0 Å². The molecule has 19 heavy (non-hydrogen) atoms. The normalized spacial score (nSPS) is 16.6. The second-order valence-corrected chi connectivity index (χ2v) is 4.75. The molecule has 0 saturated carbocycles. The van der Waals surface area contributed by atoms with Crippen molar-refractivity contribution in [1.29, 1.82) is 0 Å². The smallest absolute Gasteiger partial charge is 0.316 e. The first kappa shape index (κ1) is 13.6. The molecule has 104 valence electrons. The Kier molecular flexibility index (Phi) is 3.61. The molecule has 1 fully saturated rings. The van der Waals surface area contributed by atoms with Crippen molar-refractivity contribution in [2.75, 3.05) is 38.8 Å². The highest BCUT2D eigenvalue weighted by Crippen LogP contribution is 2.34. The summed E-state index contributed by atoms with van der Waals surface area (Å²) < 4.78 is 23.5. The number of carboxylic acids is 1. The molecule has 1 saturated heterocycles. The van der Waals surface area contributed by atoms with Crippen molar-refractivity contribution in [2.24, 2.45) is 5.41 Å². The molecule has 0 spiro atoms. The number of halogens is 1. The van der Waals surface area contributed by atoms with Gasteiger partial charge in [0, 0.05) is 19.7 Å². The van der Waals surface area contributed by atoms with Crippen molar-refractivity contribution in [1.82, 2.24) is 0 Å². The molecule has 0 atom stereocenters. The molecule has 0 aliphatic carbocycles. The maximum absolute atomic E-state index is 13.3. The third-order valence-corrected chi connectivity index (χ3v) is 3.30. The highest BCUT2D eigenvalue weighted by atomic mass is 19.1. The zero-order valence-corrected chi connectivity index (χ0v) is 10.9. The van der Waals surface area contributed by atoms with Gasteiger partial charge in [-0.25, -0.2) is 4.39 Å². The van der Waals surface area contributed by atoms with Crippen LogP contribution in [0, 0.1) is 11.2 Å². The maximum Gasteiger partial charge on any atom is 0.316 e. The van der Waals surface area contributed by atoms with E-state index in [1.54, 1.807) is 11.9 Å². The van der Waals surface area contributed by atoms with Crippen LogP contribution in [0.3, 0.4) is 0 Å². The second kappa shape index (κ2) is 5.05. The lowest BCUT2D eigenvalue weighted by Gasteiger charge is -2.40. The lowest BCUT2D eigenvalue weighted by Crippen LogP contribution is -2.55. The minimum Gasteiger partial charge on any atom is -0.495 e. The van der Waals surface area contributed by atoms with Crippen LogP contribution < -0.4 is 9.64 Å². The van der Waals surface area contributed by atoms with E-state index in [-0.39, 0.29) is 19.8 Å². The SMILES string of the molecule is COc1ccc(F)cc1N(C)CC1(C(=O)O)COC1. The number of hydrogen-bond acceptors (Lipinski definition) is 4. The lowest BCUT2D eigenvalue weighted by atomic mass is 9.85. The third-order valence-electron chi connectivity index (χ3n) is 3.30. The molecule has 0 radical (unpaired) electrons. The standard InChI is InChI=1S/C13H16FNO4/c1-15(6-13(12(16)17)7-19-8-13)10-5-9(14)3-4-11(10)18-2/h3-5H,6-8H2,1-2H3,(H,16,17). The summed E-state index contributed by atoms with van der Waals surface area (Å²) in [4.78, 5) is 13.0. The Hall–Kier alpha value is -1.82. The molecular formula is C13H16FNO4. The van der Waals surface area contributed by atoms with Crippen LogP contribution in [0.4, 0.5) is 10.1 Å².